The third-order valence-corrected chi connectivity index (χ3v) is 4.38. The monoisotopic (exact) mass is 269 g/mol. The van der Waals surface area contributed by atoms with Crippen LogP contribution in [0.25, 0.3) is 33.1 Å². The molecule has 3 aromatic carbocycles. The Hall–Kier alpha value is -2.67. The molecular weight excluding hydrogens is 256 g/mol. The van der Waals surface area contributed by atoms with E-state index in [1.165, 1.54) is 32.8 Å². The number of hydrogen-bond acceptors (Lipinski definition) is 0. The average molecular weight is 269 g/mol. The molecule has 4 aromatic rings. The van der Waals surface area contributed by atoms with Crippen LogP contribution in [0.15, 0.2) is 71.1 Å². The summed E-state index contributed by atoms with van der Waals surface area (Å²) in [5.74, 6) is 1.04. The first-order chi connectivity index (χ1) is 10.4. The third kappa shape index (κ3) is 1.49. The van der Waals surface area contributed by atoms with Crippen LogP contribution in [0, 0.1) is 0 Å². The van der Waals surface area contributed by atoms with Crippen molar-refractivity contribution >= 4 is 21.7 Å². The molecule has 0 saturated heterocycles. The summed E-state index contributed by atoms with van der Waals surface area (Å²) in [5.41, 5.74) is 4.88. The van der Waals surface area contributed by atoms with Gasteiger partial charge >= 0.3 is 11.3 Å². The lowest BCUT2D eigenvalue weighted by Crippen LogP contribution is -1.83. The summed E-state index contributed by atoms with van der Waals surface area (Å²) in [7, 11) is 0. The van der Waals surface area contributed by atoms with Crippen molar-refractivity contribution in [2.24, 2.45) is 0 Å². The van der Waals surface area contributed by atoms with Crippen molar-refractivity contribution in [3.05, 3.63) is 77.9 Å². The number of hydrogen-bond donors (Lipinski definition) is 0. The van der Waals surface area contributed by atoms with Gasteiger partial charge in [-0.1, -0.05) is 42.5 Å². The van der Waals surface area contributed by atoms with Crippen LogP contribution < -0.4 is 0 Å². The van der Waals surface area contributed by atoms with Crippen molar-refractivity contribution in [1.29, 1.82) is 0 Å². The van der Waals surface area contributed by atoms with Crippen molar-refractivity contribution in [3.63, 3.8) is 0 Å². The van der Waals surface area contributed by atoms with E-state index in [2.05, 4.69) is 66.7 Å². The molecule has 1 heteroatoms. The van der Waals surface area contributed by atoms with E-state index in [0.29, 0.717) is 0 Å². The van der Waals surface area contributed by atoms with Gasteiger partial charge in [-0.15, -0.1) is 0 Å². The second-order valence-electron chi connectivity index (χ2n) is 5.64. The van der Waals surface area contributed by atoms with Crippen molar-refractivity contribution in [1.82, 2.24) is 0 Å². The molecule has 1 aromatic heterocycles. The van der Waals surface area contributed by atoms with E-state index in [1.54, 1.807) is 0 Å². The highest BCUT2D eigenvalue weighted by Gasteiger charge is 2.30. The Morgan fingerprint density at radius 1 is 0.714 bits per heavy atom. The van der Waals surface area contributed by atoms with Crippen molar-refractivity contribution < 1.29 is 4.42 Å². The highest BCUT2D eigenvalue weighted by Crippen LogP contribution is 2.40. The lowest BCUT2D eigenvalue weighted by atomic mass is 10.1. The van der Waals surface area contributed by atoms with Crippen LogP contribution in [0.5, 0.6) is 0 Å². The van der Waals surface area contributed by atoms with Crippen LogP contribution in [0.1, 0.15) is 11.1 Å². The standard InChI is InChI=1S/C20H13O/c1-3-7-17-13(5-1)9-10-15-12-16-11-14-6-2-4-8-18(14)20(16)21-19(15)17/h1-10,12H,11H2/q+1. The number of rotatable bonds is 0. The van der Waals surface area contributed by atoms with Crippen LogP contribution in [-0.4, -0.2) is 0 Å². The van der Waals surface area contributed by atoms with Gasteiger partial charge in [0.2, 0.25) is 0 Å². The second kappa shape index (κ2) is 3.92. The average Bonchev–Trinajstić information content (AvgIpc) is 2.90. The fourth-order valence-corrected chi connectivity index (χ4v) is 3.37. The second-order valence-corrected chi connectivity index (χ2v) is 5.64. The maximum Gasteiger partial charge on any atom is 0.368 e. The predicted octanol–water partition coefficient (Wildman–Crippen LogP) is 5.44. The van der Waals surface area contributed by atoms with Gasteiger partial charge in [-0.25, -0.2) is 4.42 Å². The largest absolute Gasteiger partial charge is 0.368 e. The highest BCUT2D eigenvalue weighted by atomic mass is 16.3. The van der Waals surface area contributed by atoms with Gasteiger partial charge in [0.15, 0.2) is 0 Å². The maximum atomic E-state index is 6.34. The fraction of sp³-hybridized carbons (Fsp3) is 0.0500. The first-order valence-corrected chi connectivity index (χ1v) is 7.26. The smallest absolute Gasteiger partial charge is 0.206 e. The van der Waals surface area contributed by atoms with Gasteiger partial charge in [0.05, 0.1) is 21.9 Å². The molecule has 1 nitrogen and oxygen atoms in total. The van der Waals surface area contributed by atoms with E-state index in [1.807, 2.05) is 0 Å². The SMILES string of the molecule is c1ccc2c(c1)Cc1cc3ccc4ccccc4c3[o+]c1-2. The molecule has 0 amide bonds. The molecule has 0 fully saturated rings. The minimum absolute atomic E-state index is 0.970. The minimum Gasteiger partial charge on any atom is -0.206 e. The van der Waals surface area contributed by atoms with Crippen LogP contribution in [0.3, 0.4) is 0 Å². The molecule has 0 unspecified atom stereocenters. The summed E-state index contributed by atoms with van der Waals surface area (Å²) in [6, 6.07) is 23.5. The third-order valence-electron chi connectivity index (χ3n) is 4.38. The van der Waals surface area contributed by atoms with Gasteiger partial charge in [-0.2, -0.15) is 0 Å². The normalized spacial score (nSPS) is 12.6. The Balaban J connectivity index is 1.92. The Kier molecular flexibility index (Phi) is 2.06. The van der Waals surface area contributed by atoms with E-state index >= 15 is 0 Å². The molecule has 0 bridgehead atoms. The van der Waals surface area contributed by atoms with Crippen LogP contribution in [0.4, 0.5) is 0 Å². The molecule has 0 aliphatic heterocycles. The zero-order chi connectivity index (χ0) is 13.8. The Labute approximate surface area is 122 Å². The zero-order valence-corrected chi connectivity index (χ0v) is 11.5. The Morgan fingerprint density at radius 3 is 2.52 bits per heavy atom. The van der Waals surface area contributed by atoms with Crippen molar-refractivity contribution in [3.8, 4) is 11.3 Å². The summed E-state index contributed by atoms with van der Waals surface area (Å²) in [6.45, 7) is 0. The lowest BCUT2D eigenvalue weighted by molar-refractivity contribution is 0.622. The molecule has 0 atom stereocenters. The first kappa shape index (κ1) is 11.0. The molecule has 0 spiro atoms. The molecular formula is C20H13O+. The molecule has 1 aliphatic rings. The van der Waals surface area contributed by atoms with Gasteiger partial charge in [0.25, 0.3) is 0 Å². The predicted molar refractivity (Wildman–Crippen MR) is 86.4 cm³/mol. The van der Waals surface area contributed by atoms with E-state index in [9.17, 15) is 0 Å². The quantitative estimate of drug-likeness (QED) is 0.269. The topological polar surface area (TPSA) is 11.3 Å². The summed E-state index contributed by atoms with van der Waals surface area (Å²) in [6.07, 6.45) is 0.970. The summed E-state index contributed by atoms with van der Waals surface area (Å²) >= 11 is 0. The molecule has 5 rings (SSSR count). The van der Waals surface area contributed by atoms with Gasteiger partial charge in [0.1, 0.15) is 0 Å². The Bertz CT molecular complexity index is 1010. The molecule has 0 radical (unpaired) electrons. The van der Waals surface area contributed by atoms with Crippen LogP contribution in [-0.2, 0) is 6.42 Å². The van der Waals surface area contributed by atoms with Gasteiger partial charge in [-0.3, -0.25) is 0 Å². The van der Waals surface area contributed by atoms with Gasteiger partial charge < -0.3 is 0 Å². The molecule has 21 heavy (non-hydrogen) atoms. The van der Waals surface area contributed by atoms with E-state index in [-0.39, 0.29) is 0 Å². The van der Waals surface area contributed by atoms with Crippen LogP contribution >= 0.6 is 0 Å². The molecule has 1 heterocycles. The van der Waals surface area contributed by atoms with Crippen molar-refractivity contribution in [2.45, 2.75) is 6.42 Å². The molecule has 0 N–H and O–H groups in total. The minimum atomic E-state index is 0.970. The lowest BCUT2D eigenvalue weighted by Gasteiger charge is -1.97. The van der Waals surface area contributed by atoms with E-state index < -0.39 is 0 Å². The highest BCUT2D eigenvalue weighted by molar-refractivity contribution is 6.04. The van der Waals surface area contributed by atoms with E-state index in [4.69, 9.17) is 4.42 Å². The van der Waals surface area contributed by atoms with Gasteiger partial charge in [0, 0.05) is 6.42 Å². The summed E-state index contributed by atoms with van der Waals surface area (Å²) in [5, 5.41) is 3.59. The number of benzene rings is 3. The van der Waals surface area contributed by atoms with Crippen LogP contribution in [0.2, 0.25) is 0 Å². The summed E-state index contributed by atoms with van der Waals surface area (Å²) < 4.78 is 6.34. The molecule has 1 aliphatic carbocycles. The summed E-state index contributed by atoms with van der Waals surface area (Å²) in [4.78, 5) is 0. The Morgan fingerprint density at radius 2 is 1.52 bits per heavy atom. The molecule has 98 valence electrons. The molecule has 0 saturated carbocycles. The number of fused-ring (bicyclic) bond motifs is 6. The van der Waals surface area contributed by atoms with Crippen molar-refractivity contribution in [2.75, 3.05) is 0 Å². The van der Waals surface area contributed by atoms with Gasteiger partial charge in [-0.05, 0) is 35.2 Å². The zero-order valence-electron chi connectivity index (χ0n) is 11.5. The fourth-order valence-electron chi connectivity index (χ4n) is 3.37. The maximum absolute atomic E-state index is 6.34. The first-order valence-electron chi connectivity index (χ1n) is 7.26. The van der Waals surface area contributed by atoms with E-state index in [0.717, 1.165) is 17.8 Å².